The average molecular weight is 262 g/mol. The highest BCUT2D eigenvalue weighted by Crippen LogP contribution is 1.93. The van der Waals surface area contributed by atoms with Crippen LogP contribution in [-0.4, -0.2) is 35.5 Å². The summed E-state index contributed by atoms with van der Waals surface area (Å²) in [5.74, 6) is -0.319. The lowest BCUT2D eigenvalue weighted by Gasteiger charge is -2.05. The van der Waals surface area contributed by atoms with Crippen LogP contribution in [-0.2, 0) is 16.6 Å². The zero-order valence-electron chi connectivity index (χ0n) is 8.88. The number of aromatic nitrogens is 2. The Kier molecular flexibility index (Phi) is 4.39. The fraction of sp³-hybridized carbons (Fsp3) is 0.500. The van der Waals surface area contributed by atoms with Gasteiger partial charge >= 0.3 is 0 Å². The molecule has 0 saturated carbocycles. The summed E-state index contributed by atoms with van der Waals surface area (Å²) in [4.78, 5) is -0.0394. The zero-order valence-corrected chi connectivity index (χ0v) is 10.5. The van der Waals surface area contributed by atoms with Crippen molar-refractivity contribution in [3.63, 3.8) is 0 Å². The highest BCUT2D eigenvalue weighted by molar-refractivity contribution is 7.92. The minimum Gasteiger partial charge on any atom is -0.392 e. The molecule has 3 N–H and O–H groups in total. The van der Waals surface area contributed by atoms with E-state index in [1.807, 2.05) is 13.1 Å². The van der Waals surface area contributed by atoms with Crippen molar-refractivity contribution in [1.29, 1.82) is 0 Å². The smallest absolute Gasteiger partial charge is 0.218 e. The highest BCUT2D eigenvalue weighted by Gasteiger charge is 2.10. The molecule has 0 aliphatic heterocycles. The second-order valence-corrected chi connectivity index (χ2v) is 5.73. The first-order valence-electron chi connectivity index (χ1n) is 4.64. The van der Waals surface area contributed by atoms with Gasteiger partial charge < -0.3 is 5.73 Å². The van der Waals surface area contributed by atoms with Gasteiger partial charge in [-0.15, -0.1) is 0 Å². The number of hydrogen-bond donors (Lipinski definition) is 2. The van der Waals surface area contributed by atoms with Crippen molar-refractivity contribution >= 4 is 27.2 Å². The Balaban J connectivity index is 2.38. The minimum atomic E-state index is -3.40. The van der Waals surface area contributed by atoms with Gasteiger partial charge in [0.1, 0.15) is 5.75 Å². The highest BCUT2D eigenvalue weighted by atomic mass is 32.2. The van der Waals surface area contributed by atoms with Gasteiger partial charge in [0.05, 0.1) is 17.7 Å². The summed E-state index contributed by atoms with van der Waals surface area (Å²) in [6.45, 7) is 2.66. The first kappa shape index (κ1) is 13.1. The van der Waals surface area contributed by atoms with Crippen molar-refractivity contribution in [2.45, 2.75) is 13.5 Å². The molecule has 1 aromatic heterocycles. The largest absolute Gasteiger partial charge is 0.392 e. The monoisotopic (exact) mass is 262 g/mol. The second-order valence-electron chi connectivity index (χ2n) is 3.40. The molecule has 0 unspecified atom stereocenters. The first-order chi connectivity index (χ1) is 7.39. The number of sulfonamides is 1. The van der Waals surface area contributed by atoms with E-state index in [2.05, 4.69) is 22.0 Å². The molecular formula is C8H14N4O2S2. The maximum absolute atomic E-state index is 11.3. The molecule has 0 amide bonds. The summed E-state index contributed by atoms with van der Waals surface area (Å²) in [5.41, 5.74) is 6.19. The maximum Gasteiger partial charge on any atom is 0.218 e. The van der Waals surface area contributed by atoms with Crippen LogP contribution in [0.5, 0.6) is 0 Å². The summed E-state index contributed by atoms with van der Waals surface area (Å²) in [7, 11) is -3.40. The van der Waals surface area contributed by atoms with E-state index in [0.29, 0.717) is 6.54 Å². The normalized spacial score (nSPS) is 11.6. The second kappa shape index (κ2) is 5.37. The topological polar surface area (TPSA) is 90.0 Å². The SMILES string of the molecule is Cc1cnn(CCNS(=O)(=O)CC(N)=S)c1. The van der Waals surface area contributed by atoms with Crippen LogP contribution in [0.4, 0.5) is 0 Å². The molecule has 0 atom stereocenters. The number of nitrogens with two attached hydrogens (primary N) is 1. The van der Waals surface area contributed by atoms with Crippen LogP contribution in [0.3, 0.4) is 0 Å². The fourth-order valence-corrected chi connectivity index (χ4v) is 2.49. The fourth-order valence-electron chi connectivity index (χ4n) is 1.14. The number of aryl methyl sites for hydroxylation is 1. The van der Waals surface area contributed by atoms with Crippen molar-refractivity contribution in [3.05, 3.63) is 18.0 Å². The van der Waals surface area contributed by atoms with Crippen molar-refractivity contribution in [1.82, 2.24) is 14.5 Å². The third-order valence-corrected chi connectivity index (χ3v) is 3.42. The predicted molar refractivity (Wildman–Crippen MR) is 65.5 cm³/mol. The predicted octanol–water partition coefficient (Wildman–Crippen LogP) is -0.603. The summed E-state index contributed by atoms with van der Waals surface area (Å²) in [6.07, 6.45) is 3.55. The third-order valence-electron chi connectivity index (χ3n) is 1.76. The van der Waals surface area contributed by atoms with Crippen LogP contribution in [0.2, 0.25) is 0 Å². The summed E-state index contributed by atoms with van der Waals surface area (Å²) in [6, 6.07) is 0. The van der Waals surface area contributed by atoms with Crippen LogP contribution in [0, 0.1) is 6.92 Å². The molecule has 0 aromatic carbocycles. The van der Waals surface area contributed by atoms with Gasteiger partial charge in [-0.2, -0.15) is 5.10 Å². The number of nitrogens with one attached hydrogen (secondary N) is 1. The van der Waals surface area contributed by atoms with Gasteiger partial charge in [-0.05, 0) is 12.5 Å². The molecule has 0 fully saturated rings. The minimum absolute atomic E-state index is 0.0394. The van der Waals surface area contributed by atoms with Gasteiger partial charge in [0.15, 0.2) is 0 Å². The van der Waals surface area contributed by atoms with Gasteiger partial charge in [-0.3, -0.25) is 4.68 Å². The lowest BCUT2D eigenvalue weighted by molar-refractivity contribution is 0.564. The maximum atomic E-state index is 11.3. The van der Waals surface area contributed by atoms with Crippen molar-refractivity contribution < 1.29 is 8.42 Å². The van der Waals surface area contributed by atoms with E-state index in [9.17, 15) is 8.42 Å². The van der Waals surface area contributed by atoms with E-state index in [1.54, 1.807) is 10.9 Å². The molecule has 1 aromatic rings. The van der Waals surface area contributed by atoms with Gasteiger partial charge in [-0.25, -0.2) is 13.1 Å². The molecule has 90 valence electrons. The molecule has 0 spiro atoms. The quantitative estimate of drug-likeness (QED) is 0.668. The first-order valence-corrected chi connectivity index (χ1v) is 6.70. The molecule has 8 heteroatoms. The van der Waals surface area contributed by atoms with Crippen molar-refractivity contribution in [2.24, 2.45) is 5.73 Å². The summed E-state index contributed by atoms with van der Waals surface area (Å²) >= 11 is 4.53. The Morgan fingerprint density at radius 1 is 1.69 bits per heavy atom. The van der Waals surface area contributed by atoms with E-state index in [0.717, 1.165) is 5.56 Å². The van der Waals surface area contributed by atoms with E-state index in [4.69, 9.17) is 5.73 Å². The molecule has 0 aliphatic carbocycles. The Labute approximate surface area is 99.9 Å². The van der Waals surface area contributed by atoms with Crippen molar-refractivity contribution in [2.75, 3.05) is 12.3 Å². The van der Waals surface area contributed by atoms with Gasteiger partial charge in [0.25, 0.3) is 0 Å². The Bertz CT molecular complexity index is 466. The van der Waals surface area contributed by atoms with Crippen LogP contribution < -0.4 is 10.5 Å². The molecule has 16 heavy (non-hydrogen) atoms. The van der Waals surface area contributed by atoms with Crippen LogP contribution in [0.15, 0.2) is 12.4 Å². The number of thiocarbonyl (C=S) groups is 1. The molecule has 1 rings (SSSR count). The Morgan fingerprint density at radius 3 is 2.88 bits per heavy atom. The lowest BCUT2D eigenvalue weighted by Crippen LogP contribution is -2.34. The average Bonchev–Trinajstić information content (AvgIpc) is 2.48. The standard InChI is InChI=1S/C8H14N4O2S2/c1-7-4-10-12(5-7)3-2-11-16(13,14)6-8(9)15/h4-5,11H,2-3,6H2,1H3,(H2,9,15). The van der Waals surface area contributed by atoms with Crippen LogP contribution >= 0.6 is 12.2 Å². The molecule has 1 heterocycles. The summed E-state index contributed by atoms with van der Waals surface area (Å²) in [5, 5.41) is 4.03. The van der Waals surface area contributed by atoms with Crippen LogP contribution in [0.25, 0.3) is 0 Å². The zero-order chi connectivity index (χ0) is 12.2. The number of hydrogen-bond acceptors (Lipinski definition) is 4. The molecule has 0 saturated heterocycles. The number of rotatable bonds is 6. The van der Waals surface area contributed by atoms with Gasteiger partial charge in [0, 0.05) is 12.7 Å². The lowest BCUT2D eigenvalue weighted by atomic mass is 10.4. The Hall–Kier alpha value is -0.990. The summed E-state index contributed by atoms with van der Waals surface area (Å²) < 4.78 is 26.7. The van der Waals surface area contributed by atoms with E-state index < -0.39 is 10.0 Å². The molecule has 0 bridgehead atoms. The third kappa shape index (κ3) is 4.69. The van der Waals surface area contributed by atoms with E-state index >= 15 is 0 Å². The Morgan fingerprint density at radius 2 is 2.38 bits per heavy atom. The molecular weight excluding hydrogens is 248 g/mol. The van der Waals surface area contributed by atoms with Gasteiger partial charge in [0.2, 0.25) is 10.0 Å². The molecule has 0 radical (unpaired) electrons. The molecule has 6 nitrogen and oxygen atoms in total. The van der Waals surface area contributed by atoms with E-state index in [-0.39, 0.29) is 17.3 Å². The van der Waals surface area contributed by atoms with Crippen LogP contribution in [0.1, 0.15) is 5.56 Å². The molecule has 0 aliphatic rings. The van der Waals surface area contributed by atoms with E-state index in [1.165, 1.54) is 0 Å². The van der Waals surface area contributed by atoms with Crippen molar-refractivity contribution in [3.8, 4) is 0 Å². The van der Waals surface area contributed by atoms with Gasteiger partial charge in [-0.1, -0.05) is 12.2 Å². The number of nitrogens with zero attached hydrogens (tertiary/aromatic N) is 2.